The third-order valence-corrected chi connectivity index (χ3v) is 3.77. The molecule has 1 rings (SSSR count). The highest BCUT2D eigenvalue weighted by Crippen LogP contribution is 2.28. The van der Waals surface area contributed by atoms with Gasteiger partial charge in [0, 0.05) is 25.7 Å². The van der Waals surface area contributed by atoms with Crippen LogP contribution in [0, 0.1) is 5.41 Å². The Bertz CT molecular complexity index is 300. The first-order valence-electron chi connectivity index (χ1n) is 7.12. The summed E-state index contributed by atoms with van der Waals surface area (Å²) in [7, 11) is 0. The number of halogens is 1. The first-order valence-corrected chi connectivity index (χ1v) is 7.12. The smallest absolute Gasteiger partial charge is 0.251 e. The fourth-order valence-corrected chi connectivity index (χ4v) is 2.32. The minimum Gasteiger partial charge on any atom is -0.379 e. The molecule has 1 fully saturated rings. The molecule has 2 atom stereocenters. The normalized spacial score (nSPS) is 23.1. The molecule has 0 radical (unpaired) electrons. The van der Waals surface area contributed by atoms with Crippen LogP contribution in [-0.4, -0.2) is 55.9 Å². The number of rotatable bonds is 6. The van der Waals surface area contributed by atoms with E-state index in [1.54, 1.807) is 6.92 Å². The predicted molar refractivity (Wildman–Crippen MR) is 82.1 cm³/mol. The molecule has 0 saturated carbocycles. The van der Waals surface area contributed by atoms with Crippen LogP contribution in [0.3, 0.4) is 0 Å². The van der Waals surface area contributed by atoms with Gasteiger partial charge in [-0.25, -0.2) is 0 Å². The van der Waals surface area contributed by atoms with Crippen LogP contribution < -0.4 is 5.73 Å². The number of carbonyl (C=O) groups excluding carboxylic acids is 1. The van der Waals surface area contributed by atoms with E-state index in [9.17, 15) is 4.79 Å². The molecule has 120 valence electrons. The summed E-state index contributed by atoms with van der Waals surface area (Å²) in [4.78, 5) is 14.1. The summed E-state index contributed by atoms with van der Waals surface area (Å²) < 4.78 is 10.7. The number of hydrogen-bond donors (Lipinski definition) is 1. The van der Waals surface area contributed by atoms with Crippen molar-refractivity contribution in [1.29, 1.82) is 0 Å². The van der Waals surface area contributed by atoms with Gasteiger partial charge in [-0.2, -0.15) is 0 Å². The molecular formula is C14H29ClN2O3. The number of piperidine rings is 1. The molecule has 1 aliphatic rings. The van der Waals surface area contributed by atoms with E-state index in [0.29, 0.717) is 26.4 Å². The molecular weight excluding hydrogens is 280 g/mol. The molecule has 2 unspecified atom stereocenters. The van der Waals surface area contributed by atoms with Crippen molar-refractivity contribution in [3.05, 3.63) is 0 Å². The maximum atomic E-state index is 12.3. The minimum atomic E-state index is -0.411. The lowest BCUT2D eigenvalue weighted by Gasteiger charge is -2.43. The van der Waals surface area contributed by atoms with Gasteiger partial charge < -0.3 is 20.1 Å². The molecule has 0 aliphatic carbocycles. The lowest BCUT2D eigenvalue weighted by Crippen LogP contribution is -2.55. The van der Waals surface area contributed by atoms with Crippen molar-refractivity contribution in [1.82, 2.24) is 4.90 Å². The highest BCUT2D eigenvalue weighted by atomic mass is 35.5. The summed E-state index contributed by atoms with van der Waals surface area (Å²) in [5.41, 5.74) is 6.05. The average molecular weight is 309 g/mol. The maximum Gasteiger partial charge on any atom is 0.251 e. The van der Waals surface area contributed by atoms with E-state index in [2.05, 4.69) is 13.8 Å². The van der Waals surface area contributed by atoms with Gasteiger partial charge in [0.25, 0.3) is 5.91 Å². The summed E-state index contributed by atoms with van der Waals surface area (Å²) in [5.74, 6) is 0.0523. The van der Waals surface area contributed by atoms with Crippen LogP contribution in [0.5, 0.6) is 0 Å². The molecule has 0 bridgehead atoms. The molecule has 0 spiro atoms. The Hall–Kier alpha value is -0.360. The second-order valence-corrected chi connectivity index (χ2v) is 5.85. The van der Waals surface area contributed by atoms with Gasteiger partial charge in [-0.3, -0.25) is 4.79 Å². The SMILES string of the molecule is CCOCCOC(C)C(=O)N1CCC(N)C(C)(C)C1.Cl. The predicted octanol–water partition coefficient (Wildman–Crippen LogP) is 1.44. The Balaban J connectivity index is 0.00000361. The van der Waals surface area contributed by atoms with Gasteiger partial charge in [0.05, 0.1) is 13.2 Å². The van der Waals surface area contributed by atoms with E-state index in [4.69, 9.17) is 15.2 Å². The quantitative estimate of drug-likeness (QED) is 0.754. The van der Waals surface area contributed by atoms with Gasteiger partial charge in [-0.15, -0.1) is 12.4 Å². The molecule has 1 amide bonds. The van der Waals surface area contributed by atoms with Crippen LogP contribution >= 0.6 is 12.4 Å². The van der Waals surface area contributed by atoms with Gasteiger partial charge in [0.1, 0.15) is 6.10 Å². The number of carbonyl (C=O) groups is 1. The van der Waals surface area contributed by atoms with Crippen LogP contribution in [0.25, 0.3) is 0 Å². The van der Waals surface area contributed by atoms with E-state index >= 15 is 0 Å². The van der Waals surface area contributed by atoms with E-state index in [-0.39, 0.29) is 29.8 Å². The lowest BCUT2D eigenvalue weighted by atomic mass is 9.79. The number of nitrogens with two attached hydrogens (primary N) is 1. The van der Waals surface area contributed by atoms with Gasteiger partial charge in [0.15, 0.2) is 0 Å². The Morgan fingerprint density at radius 1 is 1.45 bits per heavy atom. The van der Waals surface area contributed by atoms with E-state index in [1.807, 2.05) is 11.8 Å². The fraction of sp³-hybridized carbons (Fsp3) is 0.929. The topological polar surface area (TPSA) is 64.8 Å². The van der Waals surface area contributed by atoms with Crippen LogP contribution in [0.2, 0.25) is 0 Å². The number of nitrogens with zero attached hydrogens (tertiary/aromatic N) is 1. The van der Waals surface area contributed by atoms with Crippen molar-refractivity contribution in [2.75, 3.05) is 32.9 Å². The van der Waals surface area contributed by atoms with Crippen LogP contribution in [0.4, 0.5) is 0 Å². The third kappa shape index (κ3) is 5.56. The van der Waals surface area contributed by atoms with Crippen LogP contribution in [-0.2, 0) is 14.3 Å². The molecule has 1 aliphatic heterocycles. The molecule has 5 nitrogen and oxygen atoms in total. The Morgan fingerprint density at radius 3 is 2.65 bits per heavy atom. The molecule has 0 aromatic heterocycles. The Labute approximate surface area is 128 Å². The summed E-state index contributed by atoms with van der Waals surface area (Å²) >= 11 is 0. The zero-order chi connectivity index (χ0) is 14.5. The Morgan fingerprint density at radius 2 is 2.10 bits per heavy atom. The molecule has 1 heterocycles. The largest absolute Gasteiger partial charge is 0.379 e. The van der Waals surface area contributed by atoms with Crippen molar-refractivity contribution in [2.45, 2.75) is 46.3 Å². The summed E-state index contributed by atoms with van der Waals surface area (Å²) in [5, 5.41) is 0. The fourth-order valence-electron chi connectivity index (χ4n) is 2.32. The van der Waals surface area contributed by atoms with Crippen molar-refractivity contribution in [2.24, 2.45) is 11.1 Å². The number of likely N-dealkylation sites (tertiary alicyclic amines) is 1. The van der Waals surface area contributed by atoms with Crippen LogP contribution in [0.1, 0.15) is 34.1 Å². The van der Waals surface area contributed by atoms with Gasteiger partial charge in [-0.05, 0) is 25.7 Å². The summed E-state index contributed by atoms with van der Waals surface area (Å²) in [6, 6.07) is 0.158. The molecule has 1 saturated heterocycles. The van der Waals surface area contributed by atoms with E-state index < -0.39 is 6.10 Å². The van der Waals surface area contributed by atoms with Gasteiger partial charge >= 0.3 is 0 Å². The molecule has 0 aromatic rings. The molecule has 20 heavy (non-hydrogen) atoms. The third-order valence-electron chi connectivity index (χ3n) is 3.77. The van der Waals surface area contributed by atoms with Gasteiger partial charge in [-0.1, -0.05) is 13.8 Å². The number of amides is 1. The van der Waals surface area contributed by atoms with E-state index in [0.717, 1.165) is 13.0 Å². The average Bonchev–Trinajstić information content (AvgIpc) is 2.36. The molecule has 0 aromatic carbocycles. The molecule has 6 heteroatoms. The van der Waals surface area contributed by atoms with Crippen molar-refractivity contribution in [3.63, 3.8) is 0 Å². The maximum absolute atomic E-state index is 12.3. The minimum absolute atomic E-state index is 0. The summed E-state index contributed by atoms with van der Waals surface area (Å²) in [6.07, 6.45) is 0.440. The Kier molecular flexibility index (Phi) is 8.66. The monoisotopic (exact) mass is 308 g/mol. The zero-order valence-electron chi connectivity index (χ0n) is 13.1. The second-order valence-electron chi connectivity index (χ2n) is 5.85. The van der Waals surface area contributed by atoms with Crippen molar-refractivity contribution in [3.8, 4) is 0 Å². The zero-order valence-corrected chi connectivity index (χ0v) is 13.9. The number of ether oxygens (including phenoxy) is 2. The van der Waals surface area contributed by atoms with Crippen molar-refractivity contribution < 1.29 is 14.3 Å². The van der Waals surface area contributed by atoms with Gasteiger partial charge in [0.2, 0.25) is 0 Å². The summed E-state index contributed by atoms with van der Waals surface area (Å²) in [6.45, 7) is 11.0. The number of hydrogen-bond acceptors (Lipinski definition) is 4. The van der Waals surface area contributed by atoms with Crippen LogP contribution in [0.15, 0.2) is 0 Å². The second kappa shape index (κ2) is 8.82. The highest BCUT2D eigenvalue weighted by molar-refractivity contribution is 5.85. The highest BCUT2D eigenvalue weighted by Gasteiger charge is 2.36. The van der Waals surface area contributed by atoms with E-state index in [1.165, 1.54) is 0 Å². The standard InChI is InChI=1S/C14H28N2O3.ClH/c1-5-18-8-9-19-11(2)13(17)16-7-6-12(15)14(3,4)10-16;/h11-12H,5-10,15H2,1-4H3;1H. The molecule has 2 N–H and O–H groups in total. The lowest BCUT2D eigenvalue weighted by molar-refractivity contribution is -0.147. The first kappa shape index (κ1) is 19.6. The first-order chi connectivity index (χ1) is 8.88. The van der Waals surface area contributed by atoms with Crippen molar-refractivity contribution >= 4 is 18.3 Å².